The van der Waals surface area contributed by atoms with Gasteiger partial charge in [0, 0.05) is 31.6 Å². The summed E-state index contributed by atoms with van der Waals surface area (Å²) in [6.07, 6.45) is 7.93. The van der Waals surface area contributed by atoms with Gasteiger partial charge in [0.1, 0.15) is 0 Å². The Bertz CT molecular complexity index is 333. The Kier molecular flexibility index (Phi) is 7.84. The minimum absolute atomic E-state index is 0.480. The largest absolute Gasteiger partial charge is 0.380 e. The first-order valence-corrected chi connectivity index (χ1v) is 7.58. The van der Waals surface area contributed by atoms with Crippen molar-refractivity contribution in [1.29, 1.82) is 0 Å². The minimum atomic E-state index is 0.480. The van der Waals surface area contributed by atoms with Crippen molar-refractivity contribution in [3.05, 3.63) is 24.0 Å². The van der Waals surface area contributed by atoms with E-state index in [-0.39, 0.29) is 0 Å². The van der Waals surface area contributed by atoms with Gasteiger partial charge in [0.15, 0.2) is 0 Å². The molecule has 1 N–H and O–H groups in total. The van der Waals surface area contributed by atoms with E-state index in [2.05, 4.69) is 49.1 Å². The molecule has 0 amide bonds. The molecule has 1 aromatic rings. The maximum atomic E-state index is 5.66. The van der Waals surface area contributed by atoms with Crippen LogP contribution < -0.4 is 5.32 Å². The summed E-state index contributed by atoms with van der Waals surface area (Å²) in [5.41, 5.74) is 1.38. The number of nitrogens with one attached hydrogen (secondary N) is 1. The molecule has 110 valence electrons. The van der Waals surface area contributed by atoms with E-state index >= 15 is 0 Å². The molecule has 0 aliphatic carbocycles. The Hall–Kier alpha value is -0.800. The highest BCUT2D eigenvalue weighted by atomic mass is 16.5. The van der Waals surface area contributed by atoms with Crippen LogP contribution in [0.4, 0.5) is 0 Å². The van der Waals surface area contributed by atoms with Gasteiger partial charge in [-0.15, -0.1) is 0 Å². The molecule has 19 heavy (non-hydrogen) atoms. The molecule has 3 nitrogen and oxygen atoms in total. The molecule has 1 unspecified atom stereocenters. The van der Waals surface area contributed by atoms with Crippen LogP contribution in [0.2, 0.25) is 0 Å². The fraction of sp³-hybridized carbons (Fsp3) is 0.750. The molecule has 0 aromatic carbocycles. The monoisotopic (exact) mass is 266 g/mol. The van der Waals surface area contributed by atoms with Crippen LogP contribution in [0, 0.1) is 5.92 Å². The lowest BCUT2D eigenvalue weighted by Crippen LogP contribution is -2.15. The van der Waals surface area contributed by atoms with Crippen molar-refractivity contribution in [3.8, 4) is 0 Å². The van der Waals surface area contributed by atoms with Gasteiger partial charge < -0.3 is 14.6 Å². The summed E-state index contributed by atoms with van der Waals surface area (Å²) < 4.78 is 7.88. The molecule has 1 aromatic heterocycles. The van der Waals surface area contributed by atoms with Crippen LogP contribution in [0.15, 0.2) is 18.5 Å². The van der Waals surface area contributed by atoms with Crippen LogP contribution in [-0.2, 0) is 11.3 Å². The smallest absolute Gasteiger partial charge is 0.0645 e. The predicted molar refractivity (Wildman–Crippen MR) is 81.4 cm³/mol. The summed E-state index contributed by atoms with van der Waals surface area (Å²) in [5, 5.41) is 3.38. The van der Waals surface area contributed by atoms with Crippen molar-refractivity contribution in [2.75, 3.05) is 20.3 Å². The number of hydrogen-bond acceptors (Lipinski definition) is 2. The Labute approximate surface area is 118 Å². The van der Waals surface area contributed by atoms with Gasteiger partial charge in [0.2, 0.25) is 0 Å². The van der Waals surface area contributed by atoms with Crippen LogP contribution in [0.3, 0.4) is 0 Å². The molecule has 0 spiro atoms. The van der Waals surface area contributed by atoms with Gasteiger partial charge in [0.05, 0.1) is 6.61 Å². The highest BCUT2D eigenvalue weighted by Gasteiger charge is 2.08. The lowest BCUT2D eigenvalue weighted by atomic mass is 10.1. The molecular weight excluding hydrogens is 236 g/mol. The third-order valence-corrected chi connectivity index (χ3v) is 3.43. The summed E-state index contributed by atoms with van der Waals surface area (Å²) >= 11 is 0. The second-order valence-electron chi connectivity index (χ2n) is 5.61. The van der Waals surface area contributed by atoms with Gasteiger partial charge >= 0.3 is 0 Å². The molecule has 1 heterocycles. The first kappa shape index (κ1) is 16.3. The number of nitrogens with zero attached hydrogens (tertiary/aromatic N) is 1. The topological polar surface area (TPSA) is 26.2 Å². The molecule has 1 atom stereocenters. The van der Waals surface area contributed by atoms with Crippen molar-refractivity contribution in [3.63, 3.8) is 0 Å². The Morgan fingerprint density at radius 3 is 2.68 bits per heavy atom. The highest BCUT2D eigenvalue weighted by molar-refractivity contribution is 5.15. The molecule has 0 aliphatic heterocycles. The Morgan fingerprint density at radius 2 is 2.05 bits per heavy atom. The van der Waals surface area contributed by atoms with Gasteiger partial charge in [-0.2, -0.15) is 0 Å². The van der Waals surface area contributed by atoms with Crippen molar-refractivity contribution >= 4 is 0 Å². The SMILES string of the molecule is CCCC(NC)c1ccn(CCOCCC(C)C)c1. The Morgan fingerprint density at radius 1 is 1.26 bits per heavy atom. The van der Waals surface area contributed by atoms with Crippen molar-refractivity contribution in [2.45, 2.75) is 52.6 Å². The molecule has 1 rings (SSSR count). The number of ether oxygens (including phenoxy) is 1. The average Bonchev–Trinajstić information content (AvgIpc) is 2.83. The summed E-state index contributed by atoms with van der Waals surface area (Å²) in [7, 11) is 2.03. The number of aromatic nitrogens is 1. The molecular formula is C16H30N2O. The summed E-state index contributed by atoms with van der Waals surface area (Å²) in [4.78, 5) is 0. The summed E-state index contributed by atoms with van der Waals surface area (Å²) in [6, 6.07) is 2.69. The lowest BCUT2D eigenvalue weighted by Gasteiger charge is -2.13. The quantitative estimate of drug-likeness (QED) is 0.655. The number of rotatable bonds is 10. The molecule has 0 radical (unpaired) electrons. The predicted octanol–water partition coefficient (Wildman–Crippen LogP) is 3.61. The fourth-order valence-electron chi connectivity index (χ4n) is 2.16. The zero-order valence-electron chi connectivity index (χ0n) is 13.0. The van der Waals surface area contributed by atoms with E-state index in [4.69, 9.17) is 4.74 Å². The van der Waals surface area contributed by atoms with Crippen molar-refractivity contribution < 1.29 is 4.74 Å². The van der Waals surface area contributed by atoms with E-state index < -0.39 is 0 Å². The van der Waals surface area contributed by atoms with Gasteiger partial charge in [-0.1, -0.05) is 27.2 Å². The van der Waals surface area contributed by atoms with E-state index in [1.165, 1.54) is 18.4 Å². The van der Waals surface area contributed by atoms with Crippen LogP contribution in [-0.4, -0.2) is 24.8 Å². The van der Waals surface area contributed by atoms with Crippen LogP contribution in [0.25, 0.3) is 0 Å². The second kappa shape index (κ2) is 9.16. The summed E-state index contributed by atoms with van der Waals surface area (Å²) in [6.45, 7) is 9.31. The second-order valence-corrected chi connectivity index (χ2v) is 5.61. The normalized spacial score (nSPS) is 13.1. The Balaban J connectivity index is 2.30. The fourth-order valence-corrected chi connectivity index (χ4v) is 2.16. The summed E-state index contributed by atoms with van der Waals surface area (Å²) in [5.74, 6) is 0.726. The molecule has 0 bridgehead atoms. The third-order valence-electron chi connectivity index (χ3n) is 3.43. The molecule has 0 saturated heterocycles. The highest BCUT2D eigenvalue weighted by Crippen LogP contribution is 2.18. The first-order valence-electron chi connectivity index (χ1n) is 7.58. The maximum Gasteiger partial charge on any atom is 0.0645 e. The van der Waals surface area contributed by atoms with E-state index in [0.29, 0.717) is 6.04 Å². The molecule has 0 aliphatic rings. The molecule has 0 fully saturated rings. The van der Waals surface area contributed by atoms with Gasteiger partial charge in [0.25, 0.3) is 0 Å². The third kappa shape index (κ3) is 6.26. The van der Waals surface area contributed by atoms with Crippen LogP contribution in [0.5, 0.6) is 0 Å². The zero-order chi connectivity index (χ0) is 14.1. The molecule has 3 heteroatoms. The van der Waals surface area contributed by atoms with Crippen molar-refractivity contribution in [1.82, 2.24) is 9.88 Å². The van der Waals surface area contributed by atoms with Gasteiger partial charge in [-0.3, -0.25) is 0 Å². The van der Waals surface area contributed by atoms with Crippen molar-refractivity contribution in [2.24, 2.45) is 5.92 Å². The first-order chi connectivity index (χ1) is 9.17. The maximum absolute atomic E-state index is 5.66. The van der Waals surface area contributed by atoms with Crippen LogP contribution >= 0.6 is 0 Å². The average molecular weight is 266 g/mol. The standard InChI is InChI=1S/C16H30N2O/c1-5-6-16(17-4)15-7-9-18(13-15)10-12-19-11-8-14(2)3/h7,9,13-14,16-17H,5-6,8,10-12H2,1-4H3. The van der Waals surface area contributed by atoms with E-state index in [1.54, 1.807) is 0 Å². The van der Waals surface area contributed by atoms with Gasteiger partial charge in [-0.05, 0) is 37.4 Å². The van der Waals surface area contributed by atoms with E-state index in [1.807, 2.05) is 7.05 Å². The van der Waals surface area contributed by atoms with Gasteiger partial charge in [-0.25, -0.2) is 0 Å². The lowest BCUT2D eigenvalue weighted by molar-refractivity contribution is 0.116. The van der Waals surface area contributed by atoms with E-state index in [9.17, 15) is 0 Å². The number of hydrogen-bond donors (Lipinski definition) is 1. The van der Waals surface area contributed by atoms with E-state index in [0.717, 1.165) is 32.1 Å². The van der Waals surface area contributed by atoms with Crippen LogP contribution in [0.1, 0.15) is 51.6 Å². The minimum Gasteiger partial charge on any atom is -0.380 e. The molecule has 0 saturated carbocycles. The zero-order valence-corrected chi connectivity index (χ0v) is 13.0.